The van der Waals surface area contributed by atoms with Gasteiger partial charge in [-0.05, 0) is 32.3 Å². The number of nitrogens with one attached hydrogen (secondary N) is 1. The monoisotopic (exact) mass is 333 g/mol. The molecule has 0 aliphatic heterocycles. The lowest BCUT2D eigenvalue weighted by atomic mass is 10.1. The number of hydrogen-bond acceptors (Lipinski definition) is 5. The number of amides is 1. The molecule has 2 heterocycles. The predicted molar refractivity (Wildman–Crippen MR) is 92.8 cm³/mol. The summed E-state index contributed by atoms with van der Waals surface area (Å²) in [5.74, 6) is 0.818. The van der Waals surface area contributed by atoms with Gasteiger partial charge in [0, 0.05) is 17.9 Å². The molecule has 2 aromatic heterocycles. The van der Waals surface area contributed by atoms with Crippen LogP contribution in [-0.4, -0.2) is 37.8 Å². The van der Waals surface area contributed by atoms with Gasteiger partial charge < -0.3 is 5.32 Å². The van der Waals surface area contributed by atoms with Crippen LogP contribution >= 0.6 is 11.8 Å². The summed E-state index contributed by atoms with van der Waals surface area (Å²) in [6, 6.07) is 0. The smallest absolute Gasteiger partial charge is 0.253 e. The van der Waals surface area contributed by atoms with E-state index in [-0.39, 0.29) is 11.7 Å². The minimum absolute atomic E-state index is 0.0572. The fourth-order valence-electron chi connectivity index (χ4n) is 2.33. The number of thioether (sulfide) groups is 1. The van der Waals surface area contributed by atoms with Gasteiger partial charge in [0.25, 0.3) is 5.78 Å². The van der Waals surface area contributed by atoms with Crippen molar-refractivity contribution in [2.45, 2.75) is 45.2 Å². The van der Waals surface area contributed by atoms with Crippen LogP contribution in [-0.2, 0) is 11.2 Å². The van der Waals surface area contributed by atoms with Crippen molar-refractivity contribution in [3.8, 4) is 0 Å². The van der Waals surface area contributed by atoms with Crippen LogP contribution in [0, 0.1) is 13.8 Å². The molecule has 0 spiro atoms. The zero-order valence-corrected chi connectivity index (χ0v) is 14.7. The Labute approximate surface area is 140 Å². The quantitative estimate of drug-likeness (QED) is 0.593. The van der Waals surface area contributed by atoms with Crippen LogP contribution < -0.4 is 5.32 Å². The average Bonchev–Trinajstić information content (AvgIpc) is 2.94. The van der Waals surface area contributed by atoms with Crippen molar-refractivity contribution in [2.75, 3.05) is 12.3 Å². The Morgan fingerprint density at radius 3 is 2.87 bits per heavy atom. The minimum Gasteiger partial charge on any atom is -0.352 e. The van der Waals surface area contributed by atoms with Gasteiger partial charge in [0.1, 0.15) is 0 Å². The molecule has 0 radical (unpaired) electrons. The highest BCUT2D eigenvalue weighted by Gasteiger charge is 2.14. The van der Waals surface area contributed by atoms with Crippen LogP contribution in [0.1, 0.15) is 36.7 Å². The number of unbranched alkanes of at least 4 members (excludes halogenated alkanes) is 1. The Morgan fingerprint density at radius 2 is 2.17 bits per heavy atom. The summed E-state index contributed by atoms with van der Waals surface area (Å²) < 4.78 is 1.78. The summed E-state index contributed by atoms with van der Waals surface area (Å²) in [4.78, 5) is 20.6. The Kier molecular flexibility index (Phi) is 6.15. The van der Waals surface area contributed by atoms with Crippen LogP contribution in [0.4, 0.5) is 0 Å². The minimum atomic E-state index is -0.0572. The maximum Gasteiger partial charge on any atom is 0.253 e. The van der Waals surface area contributed by atoms with Crippen LogP contribution in [0.2, 0.25) is 0 Å². The number of rotatable bonds is 8. The van der Waals surface area contributed by atoms with E-state index in [1.165, 1.54) is 17.3 Å². The molecule has 1 N–H and O–H groups in total. The first-order valence-corrected chi connectivity index (χ1v) is 8.78. The van der Waals surface area contributed by atoms with Crippen molar-refractivity contribution >= 4 is 23.4 Å². The second-order valence-electron chi connectivity index (χ2n) is 5.35. The summed E-state index contributed by atoms with van der Waals surface area (Å²) in [6.45, 7) is 10.3. The first kappa shape index (κ1) is 17.5. The molecule has 2 aromatic rings. The molecule has 124 valence electrons. The van der Waals surface area contributed by atoms with E-state index in [4.69, 9.17) is 0 Å². The first-order chi connectivity index (χ1) is 11.1. The Bertz CT molecular complexity index is 710. The highest BCUT2D eigenvalue weighted by atomic mass is 32.2. The molecule has 0 unspecified atom stereocenters. The maximum absolute atomic E-state index is 11.6. The standard InChI is InChI=1S/C16H23N5OS/c1-5-7-8-13-11(3)18-15-19-16(20-21(15)12(13)4)23-10-14(22)17-9-6-2/h6H,2,5,7-10H2,1,3-4H3,(H,17,22). The summed E-state index contributed by atoms with van der Waals surface area (Å²) in [7, 11) is 0. The summed E-state index contributed by atoms with van der Waals surface area (Å²) >= 11 is 1.31. The SMILES string of the molecule is C=CCNC(=O)CSc1nc2nc(C)c(CCCC)c(C)n2n1. The summed E-state index contributed by atoms with van der Waals surface area (Å²) in [5.41, 5.74) is 3.33. The van der Waals surface area contributed by atoms with Gasteiger partial charge in [-0.1, -0.05) is 31.2 Å². The average molecular weight is 333 g/mol. The zero-order valence-electron chi connectivity index (χ0n) is 13.9. The number of aryl methyl sites for hydroxylation is 2. The molecule has 0 saturated carbocycles. The maximum atomic E-state index is 11.6. The molecule has 0 aliphatic rings. The Morgan fingerprint density at radius 1 is 1.39 bits per heavy atom. The van der Waals surface area contributed by atoms with E-state index < -0.39 is 0 Å². The fourth-order valence-corrected chi connectivity index (χ4v) is 2.98. The summed E-state index contributed by atoms with van der Waals surface area (Å²) in [5, 5.41) is 7.78. The molecule has 7 heteroatoms. The van der Waals surface area contributed by atoms with E-state index in [1.54, 1.807) is 10.6 Å². The lowest BCUT2D eigenvalue weighted by Gasteiger charge is -2.09. The third-order valence-electron chi connectivity index (χ3n) is 3.59. The Hall–Kier alpha value is -1.89. The number of nitrogens with zero attached hydrogens (tertiary/aromatic N) is 4. The van der Waals surface area contributed by atoms with Gasteiger partial charge >= 0.3 is 0 Å². The molecule has 0 aromatic carbocycles. The fraction of sp³-hybridized carbons (Fsp3) is 0.500. The molecule has 6 nitrogen and oxygen atoms in total. The third-order valence-corrected chi connectivity index (χ3v) is 4.42. The summed E-state index contributed by atoms with van der Waals surface area (Å²) in [6.07, 6.45) is 4.94. The molecule has 0 aliphatic carbocycles. The van der Waals surface area contributed by atoms with Gasteiger partial charge in [-0.2, -0.15) is 4.98 Å². The van der Waals surface area contributed by atoms with Gasteiger partial charge in [0.2, 0.25) is 11.1 Å². The van der Waals surface area contributed by atoms with E-state index >= 15 is 0 Å². The van der Waals surface area contributed by atoms with E-state index in [9.17, 15) is 4.79 Å². The van der Waals surface area contributed by atoms with Crippen LogP contribution in [0.5, 0.6) is 0 Å². The highest BCUT2D eigenvalue weighted by molar-refractivity contribution is 7.99. The topological polar surface area (TPSA) is 72.2 Å². The first-order valence-electron chi connectivity index (χ1n) is 7.80. The normalized spacial score (nSPS) is 10.9. The van der Waals surface area contributed by atoms with Crippen molar-refractivity contribution in [1.82, 2.24) is 24.9 Å². The second-order valence-corrected chi connectivity index (χ2v) is 6.29. The van der Waals surface area contributed by atoms with Crippen LogP contribution in [0.15, 0.2) is 17.8 Å². The molecule has 0 saturated heterocycles. The van der Waals surface area contributed by atoms with Gasteiger partial charge in [-0.25, -0.2) is 9.50 Å². The van der Waals surface area contributed by atoms with Crippen molar-refractivity contribution in [3.05, 3.63) is 29.6 Å². The van der Waals surface area contributed by atoms with E-state index in [0.717, 1.165) is 30.7 Å². The number of hydrogen-bond donors (Lipinski definition) is 1. The molecular formula is C16H23N5OS. The van der Waals surface area contributed by atoms with Crippen LogP contribution in [0.3, 0.4) is 0 Å². The lowest BCUT2D eigenvalue weighted by Crippen LogP contribution is -2.24. The van der Waals surface area contributed by atoms with E-state index in [0.29, 0.717) is 17.5 Å². The van der Waals surface area contributed by atoms with Gasteiger partial charge in [-0.3, -0.25) is 4.79 Å². The molecule has 0 atom stereocenters. The largest absolute Gasteiger partial charge is 0.352 e. The van der Waals surface area contributed by atoms with Gasteiger partial charge in [-0.15, -0.1) is 11.7 Å². The predicted octanol–water partition coefficient (Wildman–Crippen LogP) is 2.48. The zero-order chi connectivity index (χ0) is 16.8. The number of carbonyl (C=O) groups excluding carboxylic acids is 1. The van der Waals surface area contributed by atoms with Crippen molar-refractivity contribution in [3.63, 3.8) is 0 Å². The van der Waals surface area contributed by atoms with Gasteiger partial charge in [0.15, 0.2) is 0 Å². The Balaban J connectivity index is 2.16. The third kappa shape index (κ3) is 4.31. The van der Waals surface area contributed by atoms with Crippen molar-refractivity contribution < 1.29 is 4.79 Å². The molecule has 0 fully saturated rings. The molecule has 0 bridgehead atoms. The van der Waals surface area contributed by atoms with Crippen LogP contribution in [0.25, 0.3) is 5.78 Å². The lowest BCUT2D eigenvalue weighted by molar-refractivity contribution is -0.118. The van der Waals surface area contributed by atoms with E-state index in [1.807, 2.05) is 13.8 Å². The number of fused-ring (bicyclic) bond motifs is 1. The molecule has 23 heavy (non-hydrogen) atoms. The molecule has 2 rings (SSSR count). The van der Waals surface area contributed by atoms with E-state index in [2.05, 4.69) is 33.9 Å². The highest BCUT2D eigenvalue weighted by Crippen LogP contribution is 2.19. The number of carbonyl (C=O) groups is 1. The second kappa shape index (κ2) is 8.10. The van der Waals surface area contributed by atoms with Gasteiger partial charge in [0.05, 0.1) is 5.75 Å². The molecular weight excluding hydrogens is 310 g/mol. The number of aromatic nitrogens is 4. The van der Waals surface area contributed by atoms with Crippen molar-refractivity contribution in [1.29, 1.82) is 0 Å². The van der Waals surface area contributed by atoms with Crippen molar-refractivity contribution in [2.24, 2.45) is 0 Å². The molecule has 1 amide bonds.